The molecule has 3 fully saturated rings. The van der Waals surface area contributed by atoms with E-state index < -0.39 is 5.79 Å². The molecule has 0 aromatic carbocycles. The second-order valence-corrected chi connectivity index (χ2v) is 6.62. The number of Topliss-reactive ketones (excluding diaryl/α,β-unsaturated/α-hetero) is 1. The van der Waals surface area contributed by atoms with Crippen LogP contribution in [0.25, 0.3) is 0 Å². The number of hydrogen-bond acceptors (Lipinski definition) is 4. The third-order valence-corrected chi connectivity index (χ3v) is 4.09. The Morgan fingerprint density at radius 2 is 1.94 bits per heavy atom. The summed E-state index contributed by atoms with van der Waals surface area (Å²) in [6.45, 7) is 7.98. The van der Waals surface area contributed by atoms with Crippen LogP contribution in [0.15, 0.2) is 0 Å². The normalized spacial score (nSPS) is 44.6. The van der Waals surface area contributed by atoms with Crippen molar-refractivity contribution in [1.29, 1.82) is 0 Å². The Morgan fingerprint density at radius 1 is 1.28 bits per heavy atom. The fourth-order valence-corrected chi connectivity index (χ4v) is 3.52. The number of ketones is 1. The fraction of sp³-hybridized carbons (Fsp3) is 0.929. The zero-order valence-corrected chi connectivity index (χ0v) is 11.5. The molecule has 2 bridgehead atoms. The lowest BCUT2D eigenvalue weighted by atomic mass is 9.91. The van der Waals surface area contributed by atoms with Gasteiger partial charge in [-0.05, 0) is 26.2 Å². The third-order valence-electron chi connectivity index (χ3n) is 4.09. The van der Waals surface area contributed by atoms with E-state index in [0.29, 0.717) is 12.3 Å². The van der Waals surface area contributed by atoms with Crippen LogP contribution in [0.4, 0.5) is 0 Å². The van der Waals surface area contributed by atoms with Gasteiger partial charge in [-0.15, -0.1) is 0 Å². The van der Waals surface area contributed by atoms with Gasteiger partial charge in [0.05, 0.1) is 12.2 Å². The zero-order chi connectivity index (χ0) is 13.1. The van der Waals surface area contributed by atoms with E-state index >= 15 is 0 Å². The van der Waals surface area contributed by atoms with Gasteiger partial charge < -0.3 is 14.2 Å². The van der Waals surface area contributed by atoms with Crippen LogP contribution in [-0.2, 0) is 19.0 Å². The number of ether oxygens (including phenoxy) is 3. The first kappa shape index (κ1) is 12.6. The van der Waals surface area contributed by atoms with Crippen molar-refractivity contribution in [2.24, 2.45) is 11.8 Å². The molecule has 102 valence electrons. The fourth-order valence-electron chi connectivity index (χ4n) is 3.52. The van der Waals surface area contributed by atoms with Crippen molar-refractivity contribution in [3.05, 3.63) is 0 Å². The van der Waals surface area contributed by atoms with Gasteiger partial charge in [0.1, 0.15) is 12.2 Å². The van der Waals surface area contributed by atoms with Crippen LogP contribution in [0.2, 0.25) is 0 Å². The standard InChI is InChI=1S/C14H22O4/c1-7(2)5-9(15)11-8-6-10(16-11)13-12(8)17-14(3,4)18-13/h7-8,10-13H,5-6H2,1-4H3/t8-,10-,11-,12-,13+/m1/s1. The molecule has 2 aliphatic heterocycles. The predicted molar refractivity (Wildman–Crippen MR) is 65.1 cm³/mol. The molecule has 0 spiro atoms. The van der Waals surface area contributed by atoms with E-state index in [4.69, 9.17) is 14.2 Å². The van der Waals surface area contributed by atoms with Gasteiger partial charge in [0.25, 0.3) is 0 Å². The first-order chi connectivity index (χ1) is 8.37. The number of rotatable bonds is 3. The summed E-state index contributed by atoms with van der Waals surface area (Å²) in [6.07, 6.45) is 1.34. The van der Waals surface area contributed by atoms with E-state index in [1.54, 1.807) is 0 Å². The van der Waals surface area contributed by atoms with Gasteiger partial charge in [-0.3, -0.25) is 4.79 Å². The molecule has 18 heavy (non-hydrogen) atoms. The summed E-state index contributed by atoms with van der Waals surface area (Å²) in [5.41, 5.74) is 0. The minimum absolute atomic E-state index is 0.0214. The minimum atomic E-state index is -0.536. The van der Waals surface area contributed by atoms with Gasteiger partial charge in [0, 0.05) is 12.3 Å². The maximum atomic E-state index is 12.2. The highest BCUT2D eigenvalue weighted by atomic mass is 16.8. The van der Waals surface area contributed by atoms with E-state index in [-0.39, 0.29) is 36.1 Å². The van der Waals surface area contributed by atoms with E-state index in [1.807, 2.05) is 13.8 Å². The summed E-state index contributed by atoms with van der Waals surface area (Å²) in [4.78, 5) is 12.2. The smallest absolute Gasteiger partial charge is 0.163 e. The molecule has 3 rings (SSSR count). The second-order valence-electron chi connectivity index (χ2n) is 6.62. The molecule has 4 heteroatoms. The number of carbonyl (C=O) groups is 1. The maximum Gasteiger partial charge on any atom is 0.163 e. The Morgan fingerprint density at radius 3 is 2.61 bits per heavy atom. The van der Waals surface area contributed by atoms with Gasteiger partial charge in [0.2, 0.25) is 0 Å². The lowest BCUT2D eigenvalue weighted by Crippen LogP contribution is -2.44. The molecule has 0 unspecified atom stereocenters. The summed E-state index contributed by atoms with van der Waals surface area (Å²) >= 11 is 0. The monoisotopic (exact) mass is 254 g/mol. The molecule has 2 heterocycles. The molecule has 0 radical (unpaired) electrons. The zero-order valence-electron chi connectivity index (χ0n) is 11.5. The molecule has 0 aromatic heterocycles. The van der Waals surface area contributed by atoms with E-state index in [0.717, 1.165) is 6.42 Å². The van der Waals surface area contributed by atoms with Crippen molar-refractivity contribution in [3.8, 4) is 0 Å². The average molecular weight is 254 g/mol. The predicted octanol–water partition coefficient (Wildman–Crippen LogP) is 1.91. The molecule has 5 atom stereocenters. The number of carbonyl (C=O) groups excluding carboxylic acids is 1. The van der Waals surface area contributed by atoms with Gasteiger partial charge in [-0.2, -0.15) is 0 Å². The second kappa shape index (κ2) is 4.02. The van der Waals surface area contributed by atoms with Crippen molar-refractivity contribution in [1.82, 2.24) is 0 Å². The lowest BCUT2D eigenvalue weighted by molar-refractivity contribution is -0.158. The van der Waals surface area contributed by atoms with E-state index in [1.165, 1.54) is 0 Å². The molecule has 3 aliphatic rings. The molecule has 0 N–H and O–H groups in total. The van der Waals surface area contributed by atoms with E-state index in [2.05, 4.69) is 13.8 Å². The van der Waals surface area contributed by atoms with Crippen LogP contribution >= 0.6 is 0 Å². The van der Waals surface area contributed by atoms with Crippen molar-refractivity contribution in [2.75, 3.05) is 0 Å². The summed E-state index contributed by atoms with van der Waals surface area (Å²) < 4.78 is 17.7. The van der Waals surface area contributed by atoms with Gasteiger partial charge in [-0.25, -0.2) is 0 Å². The molecular weight excluding hydrogens is 232 g/mol. The Balaban J connectivity index is 1.72. The molecule has 1 saturated carbocycles. The summed E-state index contributed by atoms with van der Waals surface area (Å²) in [5, 5.41) is 0. The molecule has 4 nitrogen and oxygen atoms in total. The lowest BCUT2D eigenvalue weighted by Gasteiger charge is -2.28. The van der Waals surface area contributed by atoms with Gasteiger partial charge in [-0.1, -0.05) is 13.8 Å². The van der Waals surface area contributed by atoms with E-state index in [9.17, 15) is 4.79 Å². The highest BCUT2D eigenvalue weighted by molar-refractivity contribution is 5.84. The molecular formula is C14H22O4. The highest BCUT2D eigenvalue weighted by Gasteiger charge is 2.62. The van der Waals surface area contributed by atoms with Crippen LogP contribution in [0.3, 0.4) is 0 Å². The van der Waals surface area contributed by atoms with Crippen LogP contribution in [-0.4, -0.2) is 36.0 Å². The highest BCUT2D eigenvalue weighted by Crippen LogP contribution is 2.50. The number of hydrogen-bond donors (Lipinski definition) is 0. The van der Waals surface area contributed by atoms with Crippen molar-refractivity contribution < 1.29 is 19.0 Å². The third kappa shape index (κ3) is 1.91. The Labute approximate surface area is 108 Å². The van der Waals surface area contributed by atoms with Crippen LogP contribution in [0.1, 0.15) is 40.5 Å². The first-order valence-electron chi connectivity index (χ1n) is 6.91. The van der Waals surface area contributed by atoms with Crippen LogP contribution in [0.5, 0.6) is 0 Å². The SMILES string of the molecule is CC(C)CC(=O)[C@@H]1O[C@@H]2C[C@H]1[C@H]1OC(C)(C)O[C@H]12. The molecule has 0 aromatic rings. The molecule has 0 amide bonds. The maximum absolute atomic E-state index is 12.2. The Hall–Kier alpha value is -0.450. The van der Waals surface area contributed by atoms with Crippen molar-refractivity contribution in [3.63, 3.8) is 0 Å². The minimum Gasteiger partial charge on any atom is -0.364 e. The topological polar surface area (TPSA) is 44.8 Å². The Kier molecular flexibility index (Phi) is 2.81. The number of fused-ring (bicyclic) bond motifs is 5. The quantitative estimate of drug-likeness (QED) is 0.771. The van der Waals surface area contributed by atoms with Gasteiger partial charge >= 0.3 is 0 Å². The largest absolute Gasteiger partial charge is 0.364 e. The van der Waals surface area contributed by atoms with Crippen LogP contribution in [0, 0.1) is 11.8 Å². The van der Waals surface area contributed by atoms with Crippen molar-refractivity contribution in [2.45, 2.75) is 70.7 Å². The van der Waals surface area contributed by atoms with Gasteiger partial charge in [0.15, 0.2) is 11.6 Å². The first-order valence-corrected chi connectivity index (χ1v) is 6.91. The molecule has 1 aliphatic carbocycles. The average Bonchev–Trinajstić information content (AvgIpc) is 2.83. The van der Waals surface area contributed by atoms with Crippen molar-refractivity contribution >= 4 is 5.78 Å². The Bertz CT molecular complexity index is 363. The van der Waals surface area contributed by atoms with Crippen LogP contribution < -0.4 is 0 Å². The summed E-state index contributed by atoms with van der Waals surface area (Å²) in [7, 11) is 0. The molecule has 2 saturated heterocycles. The summed E-state index contributed by atoms with van der Waals surface area (Å²) in [5.74, 6) is 0.261. The summed E-state index contributed by atoms with van der Waals surface area (Å²) in [6, 6.07) is 0.